The van der Waals surface area contributed by atoms with Crippen LogP contribution < -0.4 is 0 Å². The normalized spacial score (nSPS) is 17.1. The first-order valence-corrected chi connectivity index (χ1v) is 8.02. The van der Waals surface area contributed by atoms with E-state index in [0.717, 1.165) is 11.5 Å². The highest BCUT2D eigenvalue weighted by Gasteiger charge is 2.21. The van der Waals surface area contributed by atoms with Crippen LogP contribution in [0.25, 0.3) is 21.9 Å². The zero-order valence-electron chi connectivity index (χ0n) is 13.4. The molecule has 3 aromatic rings. The lowest BCUT2D eigenvalue weighted by molar-refractivity contribution is 0.324. The summed E-state index contributed by atoms with van der Waals surface area (Å²) in [5.74, 6) is 0.777. The Balaban J connectivity index is 1.91. The predicted octanol–water partition coefficient (Wildman–Crippen LogP) is 4.98. The van der Waals surface area contributed by atoms with Crippen LogP contribution in [0.15, 0.2) is 65.7 Å². The topological polar surface area (TPSA) is 21.6 Å². The van der Waals surface area contributed by atoms with Crippen LogP contribution in [0.2, 0.25) is 0 Å². The molecular formula is C21H19NO. The third kappa shape index (κ3) is 2.50. The third-order valence-electron chi connectivity index (χ3n) is 4.35. The van der Waals surface area contributed by atoms with Crippen molar-refractivity contribution in [1.29, 1.82) is 0 Å². The molecule has 23 heavy (non-hydrogen) atoms. The average Bonchev–Trinajstić information content (AvgIpc) is 3.00. The molecule has 2 nitrogen and oxygen atoms in total. The molecule has 0 N–H and O–H groups in total. The number of nitrogens with zero attached hydrogens (tertiary/aromatic N) is 1. The van der Waals surface area contributed by atoms with Gasteiger partial charge in [-0.05, 0) is 47.4 Å². The second-order valence-corrected chi connectivity index (χ2v) is 6.15. The van der Waals surface area contributed by atoms with E-state index in [1.54, 1.807) is 0 Å². The monoisotopic (exact) mass is 301 g/mol. The maximum atomic E-state index is 5.83. The van der Waals surface area contributed by atoms with E-state index in [4.69, 9.17) is 4.74 Å². The van der Waals surface area contributed by atoms with Crippen molar-refractivity contribution in [2.24, 2.45) is 4.99 Å². The minimum absolute atomic E-state index is 0.231. The lowest BCUT2D eigenvalue weighted by Gasteiger charge is -2.13. The molecule has 0 bridgehead atoms. The molecule has 0 saturated carbocycles. The van der Waals surface area contributed by atoms with Gasteiger partial charge in [0.05, 0.1) is 6.04 Å². The van der Waals surface area contributed by atoms with Gasteiger partial charge in [0.15, 0.2) is 0 Å². The molecule has 1 atom stereocenters. The van der Waals surface area contributed by atoms with Crippen LogP contribution in [0.1, 0.15) is 18.1 Å². The lowest BCUT2D eigenvalue weighted by Crippen LogP contribution is -2.06. The lowest BCUT2D eigenvalue weighted by atomic mass is 9.94. The Labute approximate surface area is 136 Å². The van der Waals surface area contributed by atoms with E-state index in [1.165, 1.54) is 27.5 Å². The van der Waals surface area contributed by atoms with Crippen molar-refractivity contribution in [3.8, 4) is 11.1 Å². The van der Waals surface area contributed by atoms with Gasteiger partial charge in [0.1, 0.15) is 6.61 Å². The molecular weight excluding hydrogens is 282 g/mol. The molecule has 0 spiro atoms. The maximum absolute atomic E-state index is 5.83. The van der Waals surface area contributed by atoms with Crippen LogP contribution >= 0.6 is 0 Å². The van der Waals surface area contributed by atoms with Gasteiger partial charge in [-0.1, -0.05) is 54.6 Å². The smallest absolute Gasteiger partial charge is 0.217 e. The van der Waals surface area contributed by atoms with Crippen LogP contribution in [0.5, 0.6) is 0 Å². The number of rotatable bonds is 2. The zero-order valence-corrected chi connectivity index (χ0v) is 13.4. The van der Waals surface area contributed by atoms with E-state index in [1.807, 2.05) is 0 Å². The zero-order chi connectivity index (χ0) is 15.8. The first-order chi connectivity index (χ1) is 11.2. The van der Waals surface area contributed by atoms with Crippen molar-refractivity contribution < 1.29 is 4.74 Å². The fourth-order valence-corrected chi connectivity index (χ4v) is 3.16. The average molecular weight is 301 g/mol. The number of ether oxygens (including phenoxy) is 1. The van der Waals surface area contributed by atoms with E-state index in [0.29, 0.717) is 6.61 Å². The SMILES string of the molecule is Cc1cccc(-c2ccc3ccccc3c2)c1C1=NC(C)CO1. The van der Waals surface area contributed by atoms with Crippen molar-refractivity contribution in [2.45, 2.75) is 19.9 Å². The van der Waals surface area contributed by atoms with Crippen molar-refractivity contribution in [1.82, 2.24) is 0 Å². The van der Waals surface area contributed by atoms with E-state index < -0.39 is 0 Å². The van der Waals surface area contributed by atoms with Gasteiger partial charge in [-0.25, -0.2) is 4.99 Å². The minimum atomic E-state index is 0.231. The summed E-state index contributed by atoms with van der Waals surface area (Å²) in [6.45, 7) is 4.87. The van der Waals surface area contributed by atoms with Crippen LogP contribution in [-0.2, 0) is 4.74 Å². The molecule has 4 rings (SSSR count). The number of fused-ring (bicyclic) bond motifs is 1. The van der Waals surface area contributed by atoms with Gasteiger partial charge in [0, 0.05) is 5.56 Å². The van der Waals surface area contributed by atoms with Crippen molar-refractivity contribution in [3.63, 3.8) is 0 Å². The van der Waals surface area contributed by atoms with Crippen LogP contribution in [0.4, 0.5) is 0 Å². The van der Waals surface area contributed by atoms with Gasteiger partial charge >= 0.3 is 0 Å². The molecule has 3 aromatic carbocycles. The van der Waals surface area contributed by atoms with E-state index >= 15 is 0 Å². The van der Waals surface area contributed by atoms with Gasteiger partial charge in [0.25, 0.3) is 0 Å². The highest BCUT2D eigenvalue weighted by molar-refractivity contribution is 6.03. The maximum Gasteiger partial charge on any atom is 0.217 e. The Hall–Kier alpha value is -2.61. The van der Waals surface area contributed by atoms with E-state index in [9.17, 15) is 0 Å². The Kier molecular flexibility index (Phi) is 3.38. The van der Waals surface area contributed by atoms with Gasteiger partial charge in [-0.2, -0.15) is 0 Å². The molecule has 1 unspecified atom stereocenters. The van der Waals surface area contributed by atoms with Crippen LogP contribution in [0.3, 0.4) is 0 Å². The summed E-state index contributed by atoms with van der Waals surface area (Å²) in [4.78, 5) is 4.66. The number of hydrogen-bond acceptors (Lipinski definition) is 2. The van der Waals surface area contributed by atoms with E-state index in [-0.39, 0.29) is 6.04 Å². The summed E-state index contributed by atoms with van der Waals surface area (Å²) < 4.78 is 5.83. The molecule has 0 amide bonds. The Bertz CT molecular complexity index is 911. The Morgan fingerprint density at radius 2 is 1.78 bits per heavy atom. The van der Waals surface area contributed by atoms with Crippen molar-refractivity contribution in [3.05, 3.63) is 71.8 Å². The molecule has 0 radical (unpaired) electrons. The second kappa shape index (κ2) is 5.54. The van der Waals surface area contributed by atoms with Crippen LogP contribution in [0, 0.1) is 6.92 Å². The molecule has 0 aliphatic carbocycles. The van der Waals surface area contributed by atoms with Gasteiger partial charge < -0.3 is 4.74 Å². The quantitative estimate of drug-likeness (QED) is 0.654. The summed E-state index contributed by atoms with van der Waals surface area (Å²) in [6, 6.07) is 21.6. The van der Waals surface area contributed by atoms with Crippen molar-refractivity contribution >= 4 is 16.7 Å². The number of benzene rings is 3. The number of hydrogen-bond donors (Lipinski definition) is 0. The highest BCUT2D eigenvalue weighted by atomic mass is 16.5. The largest absolute Gasteiger partial charge is 0.475 e. The van der Waals surface area contributed by atoms with Gasteiger partial charge in [0.2, 0.25) is 5.90 Å². The predicted molar refractivity (Wildman–Crippen MR) is 96.1 cm³/mol. The number of aryl methyl sites for hydroxylation is 1. The molecule has 114 valence electrons. The van der Waals surface area contributed by atoms with Gasteiger partial charge in [-0.15, -0.1) is 0 Å². The first kappa shape index (κ1) is 14.0. The fraction of sp³-hybridized carbons (Fsp3) is 0.190. The summed E-state index contributed by atoms with van der Waals surface area (Å²) >= 11 is 0. The van der Waals surface area contributed by atoms with E-state index in [2.05, 4.69) is 79.5 Å². The molecule has 2 heteroatoms. The minimum Gasteiger partial charge on any atom is -0.475 e. The first-order valence-electron chi connectivity index (χ1n) is 8.02. The summed E-state index contributed by atoms with van der Waals surface area (Å²) in [5.41, 5.74) is 4.70. The Morgan fingerprint density at radius 1 is 0.957 bits per heavy atom. The third-order valence-corrected chi connectivity index (χ3v) is 4.35. The standard InChI is InChI=1S/C21H19NO/c1-14-6-5-9-19(20(14)21-22-15(2)13-23-21)18-11-10-16-7-3-4-8-17(16)12-18/h3-12,15H,13H2,1-2H3. The van der Waals surface area contributed by atoms with Crippen LogP contribution in [-0.4, -0.2) is 18.5 Å². The van der Waals surface area contributed by atoms with Gasteiger partial charge in [-0.3, -0.25) is 0 Å². The Morgan fingerprint density at radius 3 is 2.57 bits per heavy atom. The molecule has 1 aliphatic rings. The van der Waals surface area contributed by atoms with Crippen molar-refractivity contribution in [2.75, 3.05) is 6.61 Å². The summed E-state index contributed by atoms with van der Waals surface area (Å²) in [7, 11) is 0. The molecule has 0 fully saturated rings. The highest BCUT2D eigenvalue weighted by Crippen LogP contribution is 2.31. The molecule has 0 saturated heterocycles. The number of aliphatic imine (C=N–C) groups is 1. The molecule has 1 heterocycles. The summed E-state index contributed by atoms with van der Waals surface area (Å²) in [6.07, 6.45) is 0. The molecule has 1 aliphatic heterocycles. The fourth-order valence-electron chi connectivity index (χ4n) is 3.16. The summed E-state index contributed by atoms with van der Waals surface area (Å²) in [5, 5.41) is 2.51. The second-order valence-electron chi connectivity index (χ2n) is 6.15. The molecule has 0 aromatic heterocycles.